The number of nitrogens with zero attached hydrogens (tertiary/aromatic N) is 1. The Labute approximate surface area is 104 Å². The summed E-state index contributed by atoms with van der Waals surface area (Å²) in [5.74, 6) is -0.994. The summed E-state index contributed by atoms with van der Waals surface area (Å²) in [4.78, 5) is 17.9. The Morgan fingerprint density at radius 3 is 3.00 bits per heavy atom. The molecule has 94 valence electrons. The normalized spacial score (nSPS) is 10.2. The second kappa shape index (κ2) is 5.22. The third kappa shape index (κ3) is 2.79. The second-order valence-electron chi connectivity index (χ2n) is 3.86. The minimum absolute atomic E-state index is 0.180. The molecule has 0 unspecified atom stereocenters. The molecule has 18 heavy (non-hydrogen) atoms. The summed E-state index contributed by atoms with van der Waals surface area (Å²) in [6.07, 6.45) is 4.09. The van der Waals surface area contributed by atoms with Crippen molar-refractivity contribution in [3.05, 3.63) is 42.0 Å². The van der Waals surface area contributed by atoms with Gasteiger partial charge in [0.05, 0.1) is 11.9 Å². The number of aromatic amines is 1. The Kier molecular flexibility index (Phi) is 3.47. The molecule has 0 radical (unpaired) electrons. The quantitative estimate of drug-likeness (QED) is 0.596. The number of nitrogens with two attached hydrogens (primary N) is 1. The predicted octanol–water partition coefficient (Wildman–Crippen LogP) is 1.34. The van der Waals surface area contributed by atoms with Gasteiger partial charge < -0.3 is 21.1 Å². The summed E-state index contributed by atoms with van der Waals surface area (Å²) in [6.45, 7) is 0.617. The van der Waals surface area contributed by atoms with Crippen molar-refractivity contribution in [2.45, 2.75) is 6.42 Å². The predicted molar refractivity (Wildman–Crippen MR) is 68.6 cm³/mol. The first-order valence-electron chi connectivity index (χ1n) is 5.51. The molecule has 2 aromatic rings. The largest absolute Gasteiger partial charge is 0.478 e. The molecule has 0 aliphatic heterocycles. The molecule has 0 atom stereocenters. The van der Waals surface area contributed by atoms with Crippen LogP contribution in [0.5, 0.6) is 0 Å². The third-order valence-corrected chi connectivity index (χ3v) is 2.54. The van der Waals surface area contributed by atoms with Crippen LogP contribution < -0.4 is 11.1 Å². The van der Waals surface area contributed by atoms with E-state index in [2.05, 4.69) is 15.3 Å². The van der Waals surface area contributed by atoms with Crippen molar-refractivity contribution >= 4 is 17.3 Å². The molecule has 6 heteroatoms. The molecule has 0 aliphatic carbocycles. The van der Waals surface area contributed by atoms with Crippen LogP contribution in [0.25, 0.3) is 0 Å². The van der Waals surface area contributed by atoms with Gasteiger partial charge in [-0.15, -0.1) is 0 Å². The number of hydrogen-bond donors (Lipinski definition) is 4. The lowest BCUT2D eigenvalue weighted by atomic mass is 10.1. The maximum Gasteiger partial charge on any atom is 0.337 e. The summed E-state index contributed by atoms with van der Waals surface area (Å²) in [6, 6.07) is 4.79. The first kappa shape index (κ1) is 12.0. The van der Waals surface area contributed by atoms with Crippen LogP contribution in [0.15, 0.2) is 30.7 Å². The maximum absolute atomic E-state index is 11.1. The van der Waals surface area contributed by atoms with Gasteiger partial charge in [0.15, 0.2) is 0 Å². The lowest BCUT2D eigenvalue weighted by Crippen LogP contribution is -2.10. The molecular formula is C12H14N4O2. The van der Waals surface area contributed by atoms with Gasteiger partial charge in [-0.05, 0) is 18.2 Å². The second-order valence-corrected chi connectivity index (χ2v) is 3.86. The maximum atomic E-state index is 11.1. The zero-order valence-electron chi connectivity index (χ0n) is 9.68. The third-order valence-electron chi connectivity index (χ3n) is 2.54. The molecule has 0 amide bonds. The fourth-order valence-electron chi connectivity index (χ4n) is 1.65. The van der Waals surface area contributed by atoms with Gasteiger partial charge in [0.1, 0.15) is 0 Å². The van der Waals surface area contributed by atoms with Crippen molar-refractivity contribution in [3.8, 4) is 0 Å². The van der Waals surface area contributed by atoms with Crippen LogP contribution in [0.1, 0.15) is 16.1 Å². The number of imidazole rings is 1. The van der Waals surface area contributed by atoms with Crippen molar-refractivity contribution in [2.24, 2.45) is 0 Å². The van der Waals surface area contributed by atoms with Crippen LogP contribution in [0.3, 0.4) is 0 Å². The molecule has 1 heterocycles. The van der Waals surface area contributed by atoms with Gasteiger partial charge in [-0.3, -0.25) is 0 Å². The highest BCUT2D eigenvalue weighted by Gasteiger charge is 2.09. The first-order valence-corrected chi connectivity index (χ1v) is 5.51. The smallest absolute Gasteiger partial charge is 0.337 e. The van der Waals surface area contributed by atoms with E-state index < -0.39 is 5.97 Å². The number of hydrogen-bond acceptors (Lipinski definition) is 4. The number of aromatic carboxylic acids is 1. The first-order chi connectivity index (χ1) is 8.66. The van der Waals surface area contributed by atoms with Crippen molar-refractivity contribution in [2.75, 3.05) is 17.6 Å². The summed E-state index contributed by atoms with van der Waals surface area (Å²) in [5.41, 5.74) is 7.74. The number of H-pyrrole nitrogens is 1. The van der Waals surface area contributed by atoms with Gasteiger partial charge in [-0.2, -0.15) is 0 Å². The minimum Gasteiger partial charge on any atom is -0.478 e. The number of carbonyl (C=O) groups is 1. The van der Waals surface area contributed by atoms with Crippen LogP contribution >= 0.6 is 0 Å². The highest BCUT2D eigenvalue weighted by molar-refractivity contribution is 5.95. The van der Waals surface area contributed by atoms with E-state index in [1.165, 1.54) is 6.07 Å². The summed E-state index contributed by atoms with van der Waals surface area (Å²) < 4.78 is 0. The number of benzene rings is 1. The van der Waals surface area contributed by atoms with E-state index >= 15 is 0 Å². The molecule has 1 aromatic heterocycles. The van der Waals surface area contributed by atoms with Crippen LogP contribution in [0, 0.1) is 0 Å². The van der Waals surface area contributed by atoms with E-state index in [9.17, 15) is 4.79 Å². The molecule has 2 rings (SSSR count). The highest BCUT2D eigenvalue weighted by atomic mass is 16.4. The lowest BCUT2D eigenvalue weighted by molar-refractivity contribution is 0.0698. The summed E-state index contributed by atoms with van der Waals surface area (Å²) in [7, 11) is 0. The number of rotatable bonds is 5. The number of carboxylic acids is 1. The van der Waals surface area contributed by atoms with E-state index in [1.54, 1.807) is 24.7 Å². The minimum atomic E-state index is -0.994. The van der Waals surface area contributed by atoms with Crippen LogP contribution in [-0.2, 0) is 6.42 Å². The van der Waals surface area contributed by atoms with Gasteiger partial charge >= 0.3 is 5.97 Å². The van der Waals surface area contributed by atoms with E-state index in [-0.39, 0.29) is 5.56 Å². The Morgan fingerprint density at radius 2 is 2.33 bits per heavy atom. The van der Waals surface area contributed by atoms with E-state index in [4.69, 9.17) is 10.8 Å². The Hall–Kier alpha value is -2.50. The Morgan fingerprint density at radius 1 is 1.50 bits per heavy atom. The Balaban J connectivity index is 2.02. The van der Waals surface area contributed by atoms with Crippen molar-refractivity contribution in [1.82, 2.24) is 9.97 Å². The zero-order valence-corrected chi connectivity index (χ0v) is 9.68. The van der Waals surface area contributed by atoms with E-state index in [0.29, 0.717) is 17.9 Å². The van der Waals surface area contributed by atoms with E-state index in [1.807, 2.05) is 0 Å². The summed E-state index contributed by atoms with van der Waals surface area (Å²) >= 11 is 0. The average Bonchev–Trinajstić information content (AvgIpc) is 2.84. The lowest BCUT2D eigenvalue weighted by Gasteiger charge is -2.09. The fourth-order valence-corrected chi connectivity index (χ4v) is 1.65. The topological polar surface area (TPSA) is 104 Å². The van der Waals surface area contributed by atoms with Crippen LogP contribution in [0.4, 0.5) is 11.4 Å². The fraction of sp³-hybridized carbons (Fsp3) is 0.167. The zero-order chi connectivity index (χ0) is 13.0. The van der Waals surface area contributed by atoms with Crippen LogP contribution in [-0.4, -0.2) is 27.6 Å². The highest BCUT2D eigenvalue weighted by Crippen LogP contribution is 2.18. The van der Waals surface area contributed by atoms with Gasteiger partial charge in [-0.25, -0.2) is 9.78 Å². The molecule has 0 saturated heterocycles. The van der Waals surface area contributed by atoms with Gasteiger partial charge in [0.25, 0.3) is 0 Å². The molecule has 0 spiro atoms. The summed E-state index contributed by atoms with van der Waals surface area (Å²) in [5, 5.41) is 12.1. The van der Waals surface area contributed by atoms with E-state index in [0.717, 1.165) is 12.1 Å². The monoisotopic (exact) mass is 246 g/mol. The van der Waals surface area contributed by atoms with Crippen molar-refractivity contribution in [3.63, 3.8) is 0 Å². The number of nitrogen functional groups attached to an aromatic ring is 1. The number of anilines is 2. The molecule has 1 aromatic carbocycles. The molecule has 5 N–H and O–H groups in total. The molecule has 0 fully saturated rings. The van der Waals surface area contributed by atoms with Gasteiger partial charge in [-0.1, -0.05) is 0 Å². The molecule has 0 aliphatic rings. The number of carboxylic acid groups (broad SMARTS) is 1. The van der Waals surface area contributed by atoms with Crippen molar-refractivity contribution < 1.29 is 9.90 Å². The standard InChI is InChI=1S/C12H14N4O2/c13-8-1-2-11(10(5-8)12(17)18)15-4-3-9-6-14-7-16-9/h1-2,5-7,15H,3-4,13H2,(H,14,16)(H,17,18). The van der Waals surface area contributed by atoms with Crippen LogP contribution in [0.2, 0.25) is 0 Å². The molecule has 0 saturated carbocycles. The van der Waals surface area contributed by atoms with Gasteiger partial charge in [0.2, 0.25) is 0 Å². The molecule has 0 bridgehead atoms. The van der Waals surface area contributed by atoms with Gasteiger partial charge in [0, 0.05) is 36.2 Å². The number of nitrogens with one attached hydrogen (secondary N) is 2. The van der Waals surface area contributed by atoms with Crippen molar-refractivity contribution in [1.29, 1.82) is 0 Å². The average molecular weight is 246 g/mol. The SMILES string of the molecule is Nc1ccc(NCCc2cnc[nH]2)c(C(=O)O)c1. The molecular weight excluding hydrogens is 232 g/mol. The molecule has 6 nitrogen and oxygen atoms in total. The Bertz CT molecular complexity index is 537. The number of aromatic nitrogens is 2.